The normalized spacial score (nSPS) is 19.0. The van der Waals surface area contributed by atoms with Gasteiger partial charge in [0, 0.05) is 30.6 Å². The number of nitrogens with zero attached hydrogens (tertiary/aromatic N) is 1. The van der Waals surface area contributed by atoms with Gasteiger partial charge in [-0.15, -0.1) is 11.8 Å². The molecule has 5 nitrogen and oxygen atoms in total. The van der Waals surface area contributed by atoms with Gasteiger partial charge in [0.25, 0.3) is 0 Å². The molecule has 0 aromatic heterocycles. The zero-order valence-electron chi connectivity index (χ0n) is 15.2. The van der Waals surface area contributed by atoms with Crippen LogP contribution in [0.3, 0.4) is 0 Å². The number of carbonyl (C=O) groups is 1. The van der Waals surface area contributed by atoms with Crippen molar-refractivity contribution in [3.05, 3.63) is 54.1 Å². The third-order valence-electron chi connectivity index (χ3n) is 4.77. The Morgan fingerprint density at radius 3 is 2.78 bits per heavy atom. The second-order valence-corrected chi connectivity index (χ2v) is 7.92. The van der Waals surface area contributed by atoms with Gasteiger partial charge in [-0.3, -0.25) is 9.69 Å². The van der Waals surface area contributed by atoms with Gasteiger partial charge >= 0.3 is 0 Å². The van der Waals surface area contributed by atoms with Crippen LogP contribution in [0.4, 0.5) is 0 Å². The van der Waals surface area contributed by atoms with Crippen LogP contribution in [-0.4, -0.2) is 48.9 Å². The van der Waals surface area contributed by atoms with E-state index in [0.717, 1.165) is 42.4 Å². The van der Waals surface area contributed by atoms with E-state index in [1.807, 2.05) is 24.3 Å². The number of amides is 1. The van der Waals surface area contributed by atoms with E-state index in [-0.39, 0.29) is 11.9 Å². The number of likely N-dealkylation sites (tertiary alicyclic amines) is 1. The Morgan fingerprint density at radius 2 is 1.93 bits per heavy atom. The molecule has 0 spiro atoms. The highest BCUT2D eigenvalue weighted by Gasteiger charge is 2.23. The smallest absolute Gasteiger partial charge is 0.230 e. The molecule has 6 heteroatoms. The minimum Gasteiger partial charge on any atom is -0.486 e. The van der Waals surface area contributed by atoms with Crippen LogP contribution in [-0.2, 0) is 11.3 Å². The fraction of sp³-hybridized carbons (Fsp3) is 0.381. The standard InChI is InChI=1S/C21H24N2O3S/c24-21(15-27-18-6-7-19-20(12-18)26-11-10-25-19)22-17-8-9-23(14-17)13-16-4-2-1-3-5-16/h1-7,12,17H,8-11,13-15H2,(H,22,24). The number of fused-ring (bicyclic) bond motifs is 1. The highest BCUT2D eigenvalue weighted by molar-refractivity contribution is 8.00. The molecule has 2 aromatic rings. The molecule has 1 fully saturated rings. The predicted octanol–water partition coefficient (Wildman–Crippen LogP) is 2.94. The van der Waals surface area contributed by atoms with Crippen molar-refractivity contribution in [3.8, 4) is 11.5 Å². The highest BCUT2D eigenvalue weighted by atomic mass is 32.2. The summed E-state index contributed by atoms with van der Waals surface area (Å²) in [6.45, 7) is 4.04. The maximum atomic E-state index is 12.3. The summed E-state index contributed by atoms with van der Waals surface area (Å²) in [5, 5.41) is 3.17. The number of benzene rings is 2. The summed E-state index contributed by atoms with van der Waals surface area (Å²) < 4.78 is 11.1. The number of thioether (sulfide) groups is 1. The van der Waals surface area contributed by atoms with Crippen molar-refractivity contribution in [2.24, 2.45) is 0 Å². The Morgan fingerprint density at radius 1 is 1.11 bits per heavy atom. The summed E-state index contributed by atoms with van der Waals surface area (Å²) in [6.07, 6.45) is 1.01. The van der Waals surface area contributed by atoms with Crippen molar-refractivity contribution >= 4 is 17.7 Å². The van der Waals surface area contributed by atoms with Gasteiger partial charge in [-0.1, -0.05) is 30.3 Å². The van der Waals surface area contributed by atoms with Crippen molar-refractivity contribution in [2.45, 2.75) is 23.9 Å². The van der Waals surface area contributed by atoms with Gasteiger partial charge < -0.3 is 14.8 Å². The number of carbonyl (C=O) groups excluding carboxylic acids is 1. The molecule has 0 radical (unpaired) electrons. The second-order valence-electron chi connectivity index (χ2n) is 6.87. The van der Waals surface area contributed by atoms with Crippen molar-refractivity contribution < 1.29 is 14.3 Å². The topological polar surface area (TPSA) is 50.8 Å². The van der Waals surface area contributed by atoms with Gasteiger partial charge in [-0.25, -0.2) is 0 Å². The highest BCUT2D eigenvalue weighted by Crippen LogP contribution is 2.34. The van der Waals surface area contributed by atoms with E-state index >= 15 is 0 Å². The number of nitrogens with one attached hydrogen (secondary N) is 1. The summed E-state index contributed by atoms with van der Waals surface area (Å²) in [5.41, 5.74) is 1.32. The molecule has 1 unspecified atom stereocenters. The molecule has 0 bridgehead atoms. The molecular formula is C21H24N2O3S. The van der Waals surface area contributed by atoms with E-state index in [4.69, 9.17) is 9.47 Å². The molecular weight excluding hydrogens is 360 g/mol. The lowest BCUT2D eigenvalue weighted by molar-refractivity contribution is -0.119. The molecule has 1 atom stereocenters. The molecule has 142 valence electrons. The van der Waals surface area contributed by atoms with E-state index in [1.165, 1.54) is 17.3 Å². The van der Waals surface area contributed by atoms with Crippen molar-refractivity contribution in [1.29, 1.82) is 0 Å². The third-order valence-corrected chi connectivity index (χ3v) is 5.76. The number of rotatable bonds is 6. The first-order valence-electron chi connectivity index (χ1n) is 9.34. The first kappa shape index (κ1) is 18.2. The third kappa shape index (κ3) is 4.96. The van der Waals surface area contributed by atoms with E-state index < -0.39 is 0 Å². The van der Waals surface area contributed by atoms with Crippen LogP contribution < -0.4 is 14.8 Å². The number of ether oxygens (including phenoxy) is 2. The predicted molar refractivity (Wildman–Crippen MR) is 106 cm³/mol. The zero-order valence-corrected chi connectivity index (χ0v) is 16.0. The summed E-state index contributed by atoms with van der Waals surface area (Å²) in [5.74, 6) is 2.04. The molecule has 2 heterocycles. The fourth-order valence-electron chi connectivity index (χ4n) is 3.47. The lowest BCUT2D eigenvalue weighted by Crippen LogP contribution is -2.37. The molecule has 2 aromatic carbocycles. The minimum absolute atomic E-state index is 0.0847. The van der Waals surface area contributed by atoms with Crippen molar-refractivity contribution in [2.75, 3.05) is 32.1 Å². The molecule has 4 rings (SSSR count). The van der Waals surface area contributed by atoms with Gasteiger partial charge in [0.15, 0.2) is 11.5 Å². The Labute approximate surface area is 164 Å². The maximum absolute atomic E-state index is 12.3. The van der Waals surface area contributed by atoms with Crippen LogP contribution in [0.5, 0.6) is 11.5 Å². The lowest BCUT2D eigenvalue weighted by Gasteiger charge is -2.19. The Kier molecular flexibility index (Phi) is 5.84. The van der Waals surface area contributed by atoms with Crippen LogP contribution >= 0.6 is 11.8 Å². The van der Waals surface area contributed by atoms with Crippen LogP contribution in [0.25, 0.3) is 0 Å². The van der Waals surface area contributed by atoms with E-state index in [9.17, 15) is 4.79 Å². The Hall–Kier alpha value is -2.18. The van der Waals surface area contributed by atoms with Crippen molar-refractivity contribution in [3.63, 3.8) is 0 Å². The number of hydrogen-bond acceptors (Lipinski definition) is 5. The summed E-state index contributed by atoms with van der Waals surface area (Å²) in [4.78, 5) is 15.7. The molecule has 27 heavy (non-hydrogen) atoms. The zero-order chi connectivity index (χ0) is 18.5. The van der Waals surface area contributed by atoms with Gasteiger partial charge in [-0.05, 0) is 30.2 Å². The van der Waals surface area contributed by atoms with E-state index in [2.05, 4.69) is 34.5 Å². The first-order chi connectivity index (χ1) is 13.3. The summed E-state index contributed by atoms with van der Waals surface area (Å²) in [6, 6.07) is 16.5. The lowest BCUT2D eigenvalue weighted by atomic mass is 10.2. The molecule has 2 aliphatic heterocycles. The van der Waals surface area contributed by atoms with Gasteiger partial charge in [0.05, 0.1) is 5.75 Å². The monoisotopic (exact) mass is 384 g/mol. The van der Waals surface area contributed by atoms with E-state index in [0.29, 0.717) is 19.0 Å². The van der Waals surface area contributed by atoms with Gasteiger partial charge in [-0.2, -0.15) is 0 Å². The van der Waals surface area contributed by atoms with Crippen molar-refractivity contribution in [1.82, 2.24) is 10.2 Å². The maximum Gasteiger partial charge on any atom is 0.230 e. The molecule has 1 saturated heterocycles. The van der Waals surface area contributed by atoms with Crippen LogP contribution in [0.15, 0.2) is 53.4 Å². The van der Waals surface area contributed by atoms with E-state index in [1.54, 1.807) is 0 Å². The van der Waals surface area contributed by atoms with Crippen LogP contribution in [0.2, 0.25) is 0 Å². The Bertz CT molecular complexity index is 784. The molecule has 0 saturated carbocycles. The molecule has 1 amide bonds. The summed E-state index contributed by atoms with van der Waals surface area (Å²) in [7, 11) is 0. The second kappa shape index (κ2) is 8.67. The quantitative estimate of drug-likeness (QED) is 0.776. The number of hydrogen-bond donors (Lipinski definition) is 1. The summed E-state index contributed by atoms with van der Waals surface area (Å²) >= 11 is 1.53. The molecule has 0 aliphatic carbocycles. The minimum atomic E-state index is 0.0847. The molecule has 2 aliphatic rings. The largest absolute Gasteiger partial charge is 0.486 e. The average Bonchev–Trinajstić information content (AvgIpc) is 3.13. The first-order valence-corrected chi connectivity index (χ1v) is 10.3. The van der Waals surface area contributed by atoms with Crippen LogP contribution in [0, 0.1) is 0 Å². The van der Waals surface area contributed by atoms with Gasteiger partial charge in [0.2, 0.25) is 5.91 Å². The Balaban J connectivity index is 1.22. The van der Waals surface area contributed by atoms with Gasteiger partial charge in [0.1, 0.15) is 13.2 Å². The average molecular weight is 385 g/mol. The fourth-order valence-corrected chi connectivity index (χ4v) is 4.20. The molecule has 1 N–H and O–H groups in total. The SMILES string of the molecule is O=C(CSc1ccc2c(c1)OCCO2)NC1CCN(Cc2ccccc2)C1. The van der Waals surface area contributed by atoms with Crippen LogP contribution in [0.1, 0.15) is 12.0 Å².